The van der Waals surface area contributed by atoms with Crippen LogP contribution in [0.4, 0.5) is 11.5 Å². The first-order valence-corrected chi connectivity index (χ1v) is 3.22. The standard InChI is InChI=1S/C6H6N4O/c11-6-9-3-4-5(10-6)8-2-1-7-4/h1,3H,2H2,(H2,8,9,10,11). The van der Waals surface area contributed by atoms with Crippen LogP contribution in [-0.4, -0.2) is 22.7 Å². The molecule has 1 aromatic rings. The van der Waals surface area contributed by atoms with Crippen LogP contribution in [0.3, 0.4) is 0 Å². The predicted molar refractivity (Wildman–Crippen MR) is 41.5 cm³/mol. The Morgan fingerprint density at radius 1 is 1.55 bits per heavy atom. The van der Waals surface area contributed by atoms with Gasteiger partial charge in [0, 0.05) is 6.21 Å². The second kappa shape index (κ2) is 2.19. The van der Waals surface area contributed by atoms with E-state index in [-0.39, 0.29) is 5.69 Å². The zero-order valence-corrected chi connectivity index (χ0v) is 5.66. The first-order chi connectivity index (χ1) is 5.36. The van der Waals surface area contributed by atoms with Gasteiger partial charge < -0.3 is 5.32 Å². The van der Waals surface area contributed by atoms with E-state index in [1.54, 1.807) is 6.21 Å². The molecule has 1 aromatic heterocycles. The molecule has 2 N–H and O–H groups in total. The van der Waals surface area contributed by atoms with Crippen LogP contribution in [0.2, 0.25) is 0 Å². The molecule has 0 unspecified atom stereocenters. The maximum Gasteiger partial charge on any atom is 0.346 e. The third-order valence-corrected chi connectivity index (χ3v) is 1.39. The molecular formula is C6H6N4O. The van der Waals surface area contributed by atoms with E-state index in [9.17, 15) is 4.79 Å². The molecule has 0 saturated carbocycles. The molecule has 0 amide bonds. The van der Waals surface area contributed by atoms with E-state index in [1.807, 2.05) is 0 Å². The molecule has 0 fully saturated rings. The Balaban J connectivity index is 2.62. The zero-order chi connectivity index (χ0) is 7.68. The van der Waals surface area contributed by atoms with Crippen molar-refractivity contribution in [1.82, 2.24) is 9.97 Å². The van der Waals surface area contributed by atoms with E-state index in [0.717, 1.165) is 0 Å². The topological polar surface area (TPSA) is 70.1 Å². The number of aliphatic imine (C=N–C) groups is 1. The lowest BCUT2D eigenvalue weighted by molar-refractivity contribution is 1.06. The van der Waals surface area contributed by atoms with Crippen molar-refractivity contribution in [2.45, 2.75) is 0 Å². The molecule has 56 valence electrons. The summed E-state index contributed by atoms with van der Waals surface area (Å²) in [7, 11) is 0. The van der Waals surface area contributed by atoms with Crippen LogP contribution in [0.1, 0.15) is 0 Å². The van der Waals surface area contributed by atoms with Crippen molar-refractivity contribution in [3.05, 3.63) is 16.7 Å². The van der Waals surface area contributed by atoms with Gasteiger partial charge in [-0.3, -0.25) is 9.98 Å². The Morgan fingerprint density at radius 2 is 2.45 bits per heavy atom. The highest BCUT2D eigenvalue weighted by Crippen LogP contribution is 2.19. The minimum Gasteiger partial charge on any atom is -0.365 e. The minimum absolute atomic E-state index is 0.353. The van der Waals surface area contributed by atoms with Gasteiger partial charge in [-0.1, -0.05) is 0 Å². The summed E-state index contributed by atoms with van der Waals surface area (Å²) in [5.74, 6) is 0.646. The van der Waals surface area contributed by atoms with Crippen molar-refractivity contribution >= 4 is 17.7 Å². The van der Waals surface area contributed by atoms with E-state index >= 15 is 0 Å². The van der Waals surface area contributed by atoms with Crippen molar-refractivity contribution in [2.24, 2.45) is 4.99 Å². The third-order valence-electron chi connectivity index (χ3n) is 1.39. The van der Waals surface area contributed by atoms with Gasteiger partial charge in [-0.2, -0.15) is 4.98 Å². The van der Waals surface area contributed by atoms with Crippen LogP contribution in [0, 0.1) is 0 Å². The SMILES string of the molecule is O=c1ncc2c([nH]1)NCC=N2. The number of aromatic amines is 1. The lowest BCUT2D eigenvalue weighted by Crippen LogP contribution is -2.16. The van der Waals surface area contributed by atoms with Crippen molar-refractivity contribution in [2.75, 3.05) is 11.9 Å². The summed E-state index contributed by atoms with van der Waals surface area (Å²) in [6.45, 7) is 0.646. The molecule has 0 aromatic carbocycles. The molecule has 0 aliphatic carbocycles. The Labute approximate surface area is 62.2 Å². The fraction of sp³-hybridized carbons (Fsp3) is 0.167. The molecule has 0 bridgehead atoms. The number of rotatable bonds is 0. The van der Waals surface area contributed by atoms with Gasteiger partial charge in [0.05, 0.1) is 12.7 Å². The first-order valence-electron chi connectivity index (χ1n) is 3.22. The van der Waals surface area contributed by atoms with E-state index in [0.29, 0.717) is 18.1 Å². The van der Waals surface area contributed by atoms with Gasteiger partial charge in [0.25, 0.3) is 0 Å². The first kappa shape index (κ1) is 6.09. The van der Waals surface area contributed by atoms with Crippen LogP contribution in [0.25, 0.3) is 0 Å². The Morgan fingerprint density at radius 3 is 3.36 bits per heavy atom. The molecule has 0 atom stereocenters. The average molecular weight is 150 g/mol. The number of hydrogen-bond donors (Lipinski definition) is 2. The van der Waals surface area contributed by atoms with Gasteiger partial charge >= 0.3 is 5.69 Å². The minimum atomic E-state index is -0.353. The molecule has 2 rings (SSSR count). The Kier molecular flexibility index (Phi) is 1.21. The van der Waals surface area contributed by atoms with E-state index in [1.165, 1.54) is 6.20 Å². The van der Waals surface area contributed by atoms with E-state index in [4.69, 9.17) is 0 Å². The fourth-order valence-corrected chi connectivity index (χ4v) is 0.912. The summed E-state index contributed by atoms with van der Waals surface area (Å²) < 4.78 is 0. The molecule has 1 aliphatic heterocycles. The highest BCUT2D eigenvalue weighted by molar-refractivity contribution is 5.77. The molecule has 0 spiro atoms. The number of anilines is 1. The smallest absolute Gasteiger partial charge is 0.346 e. The lowest BCUT2D eigenvalue weighted by Gasteiger charge is -2.09. The Hall–Kier alpha value is -1.65. The number of nitrogens with zero attached hydrogens (tertiary/aromatic N) is 2. The molecule has 5 nitrogen and oxygen atoms in total. The van der Waals surface area contributed by atoms with Gasteiger partial charge in [-0.25, -0.2) is 4.79 Å². The predicted octanol–water partition coefficient (Wildman–Crippen LogP) is -0.102. The molecule has 0 saturated heterocycles. The molecule has 1 aliphatic rings. The zero-order valence-electron chi connectivity index (χ0n) is 5.66. The number of fused-ring (bicyclic) bond motifs is 1. The van der Waals surface area contributed by atoms with Gasteiger partial charge in [-0.15, -0.1) is 0 Å². The monoisotopic (exact) mass is 150 g/mol. The Bertz CT molecular complexity index is 354. The summed E-state index contributed by atoms with van der Waals surface area (Å²) in [6.07, 6.45) is 3.17. The normalized spacial score (nSPS) is 13.8. The molecule has 11 heavy (non-hydrogen) atoms. The summed E-state index contributed by atoms with van der Waals surface area (Å²) in [5, 5.41) is 2.96. The second-order valence-corrected chi connectivity index (χ2v) is 2.14. The summed E-state index contributed by atoms with van der Waals surface area (Å²) >= 11 is 0. The van der Waals surface area contributed by atoms with Crippen LogP contribution in [0.15, 0.2) is 16.0 Å². The average Bonchev–Trinajstić information content (AvgIpc) is 2.04. The molecule has 0 radical (unpaired) electrons. The van der Waals surface area contributed by atoms with Gasteiger partial charge in [0.1, 0.15) is 11.5 Å². The highest BCUT2D eigenvalue weighted by Gasteiger charge is 2.04. The van der Waals surface area contributed by atoms with E-state index < -0.39 is 0 Å². The van der Waals surface area contributed by atoms with Crippen molar-refractivity contribution < 1.29 is 0 Å². The van der Waals surface area contributed by atoms with Crippen LogP contribution < -0.4 is 11.0 Å². The van der Waals surface area contributed by atoms with Crippen LogP contribution in [0.5, 0.6) is 0 Å². The number of aromatic nitrogens is 2. The summed E-state index contributed by atoms with van der Waals surface area (Å²) in [4.78, 5) is 20.8. The van der Waals surface area contributed by atoms with Gasteiger partial charge in [0.15, 0.2) is 0 Å². The van der Waals surface area contributed by atoms with Crippen LogP contribution in [-0.2, 0) is 0 Å². The maximum absolute atomic E-state index is 10.7. The van der Waals surface area contributed by atoms with Crippen molar-refractivity contribution in [1.29, 1.82) is 0 Å². The van der Waals surface area contributed by atoms with Crippen LogP contribution >= 0.6 is 0 Å². The molecular weight excluding hydrogens is 144 g/mol. The summed E-state index contributed by atoms with van der Waals surface area (Å²) in [6, 6.07) is 0. The van der Waals surface area contributed by atoms with Gasteiger partial charge in [0.2, 0.25) is 0 Å². The summed E-state index contributed by atoms with van der Waals surface area (Å²) in [5.41, 5.74) is 0.323. The number of hydrogen-bond acceptors (Lipinski definition) is 4. The number of nitrogens with one attached hydrogen (secondary N) is 2. The number of H-pyrrole nitrogens is 1. The van der Waals surface area contributed by atoms with E-state index in [2.05, 4.69) is 20.3 Å². The quantitative estimate of drug-likeness (QED) is 0.542. The molecule has 2 heterocycles. The maximum atomic E-state index is 10.7. The van der Waals surface area contributed by atoms with Crippen molar-refractivity contribution in [3.8, 4) is 0 Å². The fourth-order valence-electron chi connectivity index (χ4n) is 0.912. The second-order valence-electron chi connectivity index (χ2n) is 2.14. The van der Waals surface area contributed by atoms with Crippen molar-refractivity contribution in [3.63, 3.8) is 0 Å². The van der Waals surface area contributed by atoms with Gasteiger partial charge in [-0.05, 0) is 0 Å². The third kappa shape index (κ3) is 1.000. The molecule has 5 heteroatoms. The lowest BCUT2D eigenvalue weighted by atomic mass is 10.4. The highest BCUT2D eigenvalue weighted by atomic mass is 16.1. The largest absolute Gasteiger partial charge is 0.365 e.